The summed E-state index contributed by atoms with van der Waals surface area (Å²) in [6.07, 6.45) is -0.671. The molecule has 0 bridgehead atoms. The zero-order chi connectivity index (χ0) is 9.61. The molecule has 13 heavy (non-hydrogen) atoms. The van der Waals surface area contributed by atoms with E-state index in [1.807, 2.05) is 13.8 Å². The van der Waals surface area contributed by atoms with Crippen molar-refractivity contribution in [2.24, 2.45) is 0 Å². The smallest absolute Gasteiger partial charge is 0.368 e. The molecule has 1 rings (SSSR count). The molecule has 70 valence electrons. The number of aromatic nitrogens is 2. The summed E-state index contributed by atoms with van der Waals surface area (Å²) >= 11 is 0. The van der Waals surface area contributed by atoms with E-state index in [-0.39, 0.29) is 51.4 Å². The summed E-state index contributed by atoms with van der Waals surface area (Å²) in [6, 6.07) is 1.33. The maximum absolute atomic E-state index is 11.5. The van der Waals surface area contributed by atoms with Crippen LogP contribution in [-0.2, 0) is 6.54 Å². The first-order valence-corrected chi connectivity index (χ1v) is 3.54. The van der Waals surface area contributed by atoms with Crippen molar-refractivity contribution in [2.75, 3.05) is 0 Å². The third-order valence-corrected chi connectivity index (χ3v) is 0.833. The van der Waals surface area contributed by atoms with Crippen LogP contribution >= 0.6 is 0 Å². The summed E-state index contributed by atoms with van der Waals surface area (Å²) in [5.74, 6) is 0. The quantitative estimate of drug-likeness (QED) is 0.449. The largest absolute Gasteiger partial charge is 1.00 e. The average Bonchev–Trinajstić information content (AvgIpc) is 2.41. The van der Waals surface area contributed by atoms with Crippen molar-refractivity contribution in [1.82, 2.24) is 9.78 Å². The van der Waals surface area contributed by atoms with Crippen LogP contribution in [0.5, 0.6) is 0 Å². The molecule has 0 saturated carbocycles. The Morgan fingerprint density at radius 1 is 1.38 bits per heavy atom. The Bertz CT molecular complexity index is 196. The fourth-order valence-corrected chi connectivity index (χ4v) is 0.523. The van der Waals surface area contributed by atoms with Gasteiger partial charge in [0, 0.05) is 0 Å². The van der Waals surface area contributed by atoms with E-state index in [4.69, 9.17) is 0 Å². The summed E-state index contributed by atoms with van der Waals surface area (Å²) in [5.41, 5.74) is 0. The molecule has 1 aromatic rings. The topological polar surface area (TPSA) is 17.8 Å². The fourth-order valence-electron chi connectivity index (χ4n) is 0.523. The van der Waals surface area contributed by atoms with Crippen molar-refractivity contribution in [2.45, 2.75) is 26.6 Å². The Morgan fingerprint density at radius 2 is 1.92 bits per heavy atom. The van der Waals surface area contributed by atoms with Gasteiger partial charge >= 0.3 is 57.6 Å². The van der Waals surface area contributed by atoms with Crippen LogP contribution in [0.3, 0.4) is 0 Å². The summed E-state index contributed by atoms with van der Waals surface area (Å²) in [4.78, 5) is 0. The SMILES string of the molecule is CC.FC(F)(F)Cn1[c-]ccn1.[K+]. The summed E-state index contributed by atoms with van der Waals surface area (Å²) in [5, 5.41) is 3.34. The van der Waals surface area contributed by atoms with Gasteiger partial charge in [-0.1, -0.05) is 13.8 Å². The molecular weight excluding hydrogens is 208 g/mol. The van der Waals surface area contributed by atoms with Crippen LogP contribution in [0.15, 0.2) is 12.3 Å². The third-order valence-electron chi connectivity index (χ3n) is 0.833. The van der Waals surface area contributed by atoms with Crippen LogP contribution in [0.1, 0.15) is 13.8 Å². The van der Waals surface area contributed by atoms with Crippen molar-refractivity contribution in [3.8, 4) is 0 Å². The van der Waals surface area contributed by atoms with E-state index in [0.29, 0.717) is 4.68 Å². The van der Waals surface area contributed by atoms with Crippen LogP contribution in [0.25, 0.3) is 0 Å². The predicted octanol–water partition coefficient (Wildman–Crippen LogP) is -0.724. The maximum Gasteiger partial charge on any atom is 1.00 e. The zero-order valence-corrected chi connectivity index (χ0v) is 11.0. The van der Waals surface area contributed by atoms with Gasteiger partial charge in [0.2, 0.25) is 0 Å². The van der Waals surface area contributed by atoms with Crippen molar-refractivity contribution < 1.29 is 64.6 Å². The molecule has 1 heterocycles. The summed E-state index contributed by atoms with van der Waals surface area (Å²) in [7, 11) is 0. The molecule has 0 atom stereocenters. The molecule has 0 fully saturated rings. The van der Waals surface area contributed by atoms with Gasteiger partial charge in [-0.25, -0.2) is 0 Å². The van der Waals surface area contributed by atoms with Crippen LogP contribution in [-0.4, -0.2) is 16.0 Å². The Balaban J connectivity index is 0. The first-order chi connectivity index (χ1) is 5.58. The van der Waals surface area contributed by atoms with E-state index in [0.717, 1.165) is 0 Å². The number of hydrogen-bond donors (Lipinski definition) is 0. The second kappa shape index (κ2) is 7.99. The third kappa shape index (κ3) is 8.95. The molecule has 1 aromatic heterocycles. The second-order valence-electron chi connectivity index (χ2n) is 1.73. The minimum absolute atomic E-state index is 0. The predicted molar refractivity (Wildman–Crippen MR) is 38.5 cm³/mol. The molecule has 0 aliphatic rings. The standard InChI is InChI=1S/C5H4F3N2.C2H6.K/c6-5(7,8)4-10-3-1-2-9-10;1-2;/h1-2H,4H2;1-2H3;/q-1;;+1. The van der Waals surface area contributed by atoms with Gasteiger partial charge in [0.15, 0.2) is 0 Å². The van der Waals surface area contributed by atoms with Crippen molar-refractivity contribution >= 4 is 0 Å². The normalized spacial score (nSPS) is 9.62. The van der Waals surface area contributed by atoms with Gasteiger partial charge < -0.3 is 4.68 Å². The van der Waals surface area contributed by atoms with Gasteiger partial charge in [0.25, 0.3) is 0 Å². The Hall–Kier alpha value is 0.636. The minimum atomic E-state index is -4.21. The van der Waals surface area contributed by atoms with E-state index in [1.165, 1.54) is 12.3 Å². The monoisotopic (exact) mass is 218 g/mol. The van der Waals surface area contributed by atoms with E-state index in [9.17, 15) is 13.2 Å². The van der Waals surface area contributed by atoms with E-state index in [2.05, 4.69) is 11.3 Å². The molecule has 0 saturated heterocycles. The number of alkyl halides is 3. The molecule has 0 N–H and O–H groups in total. The molecule has 0 unspecified atom stereocenters. The van der Waals surface area contributed by atoms with Gasteiger partial charge in [-0.15, -0.1) is 12.4 Å². The second-order valence-corrected chi connectivity index (χ2v) is 1.73. The molecule has 6 heteroatoms. The molecule has 0 radical (unpaired) electrons. The van der Waals surface area contributed by atoms with Gasteiger partial charge in [-0.2, -0.15) is 19.2 Å². The van der Waals surface area contributed by atoms with Crippen LogP contribution < -0.4 is 51.4 Å². The van der Waals surface area contributed by atoms with Gasteiger partial charge in [-0.3, -0.25) is 5.10 Å². The molecule has 0 aliphatic heterocycles. The average molecular weight is 218 g/mol. The molecule has 0 amide bonds. The Morgan fingerprint density at radius 3 is 2.23 bits per heavy atom. The van der Waals surface area contributed by atoms with Crippen molar-refractivity contribution in [3.05, 3.63) is 18.5 Å². The summed E-state index contributed by atoms with van der Waals surface area (Å²) < 4.78 is 35.3. The van der Waals surface area contributed by atoms with Gasteiger partial charge in [0.05, 0.1) is 0 Å². The minimum Gasteiger partial charge on any atom is -0.368 e. The molecule has 0 aromatic carbocycles. The zero-order valence-electron chi connectivity index (χ0n) is 7.89. The summed E-state index contributed by atoms with van der Waals surface area (Å²) in [6.45, 7) is 2.93. The first-order valence-electron chi connectivity index (χ1n) is 3.54. The first kappa shape index (κ1) is 16.1. The molecule has 0 spiro atoms. The van der Waals surface area contributed by atoms with E-state index in [1.54, 1.807) is 0 Å². The Kier molecular flexibility index (Phi) is 9.88. The number of halogens is 3. The number of nitrogens with zero attached hydrogens (tertiary/aromatic N) is 2. The fraction of sp³-hybridized carbons (Fsp3) is 0.571. The van der Waals surface area contributed by atoms with Crippen molar-refractivity contribution in [3.63, 3.8) is 0 Å². The Labute approximate surface area is 118 Å². The van der Waals surface area contributed by atoms with E-state index >= 15 is 0 Å². The van der Waals surface area contributed by atoms with Gasteiger partial charge in [-0.05, 0) is 0 Å². The number of rotatable bonds is 1. The van der Waals surface area contributed by atoms with Gasteiger partial charge in [0.1, 0.15) is 6.54 Å². The van der Waals surface area contributed by atoms with Crippen molar-refractivity contribution in [1.29, 1.82) is 0 Å². The van der Waals surface area contributed by atoms with Crippen LogP contribution in [0, 0.1) is 6.20 Å². The van der Waals surface area contributed by atoms with E-state index < -0.39 is 12.7 Å². The van der Waals surface area contributed by atoms with Crippen LogP contribution in [0.4, 0.5) is 13.2 Å². The molecule has 2 nitrogen and oxygen atoms in total. The maximum atomic E-state index is 11.5. The molecular formula is C7H10F3KN2. The number of hydrogen-bond acceptors (Lipinski definition) is 1. The molecule has 0 aliphatic carbocycles. The van der Waals surface area contributed by atoms with Crippen LogP contribution in [0.2, 0.25) is 0 Å².